The van der Waals surface area contributed by atoms with E-state index in [1.54, 1.807) is 0 Å². The Hall–Kier alpha value is -1.02. The van der Waals surface area contributed by atoms with E-state index in [9.17, 15) is 0 Å². The third-order valence-electron chi connectivity index (χ3n) is 2.72. The summed E-state index contributed by atoms with van der Waals surface area (Å²) < 4.78 is 5.61. The lowest BCUT2D eigenvalue weighted by Gasteiger charge is -2.10. The van der Waals surface area contributed by atoms with Gasteiger partial charge in [0.25, 0.3) is 0 Å². The fourth-order valence-corrected chi connectivity index (χ4v) is 1.71. The van der Waals surface area contributed by atoms with E-state index in [-0.39, 0.29) is 6.10 Å². The first kappa shape index (κ1) is 11.5. The zero-order chi connectivity index (χ0) is 11.4. The monoisotopic (exact) mass is 219 g/mol. The third kappa shape index (κ3) is 3.86. The van der Waals surface area contributed by atoms with Crippen molar-refractivity contribution in [1.29, 1.82) is 0 Å². The highest BCUT2D eigenvalue weighted by Crippen LogP contribution is 2.18. The van der Waals surface area contributed by atoms with Crippen LogP contribution in [0, 0.1) is 0 Å². The van der Waals surface area contributed by atoms with Gasteiger partial charge < -0.3 is 10.1 Å². The summed E-state index contributed by atoms with van der Waals surface area (Å²) in [7, 11) is 0. The van der Waals surface area contributed by atoms with Crippen LogP contribution in [-0.4, -0.2) is 18.7 Å². The minimum Gasteiger partial charge on any atom is -0.491 e. The van der Waals surface area contributed by atoms with E-state index >= 15 is 0 Å². The van der Waals surface area contributed by atoms with Crippen LogP contribution in [0.25, 0.3) is 0 Å². The number of nitrogens with one attached hydrogen (secondary N) is 1. The molecule has 2 nitrogen and oxygen atoms in total. The SMILES string of the molecule is CC(C)Oc1ccc(CCNC2CC2)cc1. The number of hydrogen-bond donors (Lipinski definition) is 1. The van der Waals surface area contributed by atoms with Gasteiger partial charge in [-0.1, -0.05) is 12.1 Å². The molecular formula is C14H21NO. The van der Waals surface area contributed by atoms with Crippen LogP contribution in [0.4, 0.5) is 0 Å². The minimum absolute atomic E-state index is 0.252. The van der Waals surface area contributed by atoms with Gasteiger partial charge in [0.15, 0.2) is 0 Å². The van der Waals surface area contributed by atoms with Gasteiger partial charge >= 0.3 is 0 Å². The van der Waals surface area contributed by atoms with Gasteiger partial charge in [0.05, 0.1) is 6.10 Å². The number of benzene rings is 1. The Morgan fingerprint density at radius 1 is 1.25 bits per heavy atom. The zero-order valence-corrected chi connectivity index (χ0v) is 10.2. The fraction of sp³-hybridized carbons (Fsp3) is 0.571. The van der Waals surface area contributed by atoms with E-state index in [0.29, 0.717) is 0 Å². The fourth-order valence-electron chi connectivity index (χ4n) is 1.71. The smallest absolute Gasteiger partial charge is 0.119 e. The topological polar surface area (TPSA) is 21.3 Å². The maximum Gasteiger partial charge on any atom is 0.119 e. The zero-order valence-electron chi connectivity index (χ0n) is 10.2. The largest absolute Gasteiger partial charge is 0.491 e. The molecule has 1 N–H and O–H groups in total. The van der Waals surface area contributed by atoms with Crippen molar-refractivity contribution in [3.63, 3.8) is 0 Å². The lowest BCUT2D eigenvalue weighted by molar-refractivity contribution is 0.242. The van der Waals surface area contributed by atoms with Gasteiger partial charge in [0.2, 0.25) is 0 Å². The Morgan fingerprint density at radius 3 is 2.50 bits per heavy atom. The lowest BCUT2D eigenvalue weighted by Crippen LogP contribution is -2.19. The molecule has 1 aromatic rings. The standard InChI is InChI=1S/C14H21NO/c1-11(2)16-14-7-3-12(4-8-14)9-10-15-13-5-6-13/h3-4,7-8,11,13,15H,5-6,9-10H2,1-2H3. The molecule has 88 valence electrons. The second kappa shape index (κ2) is 5.35. The van der Waals surface area contributed by atoms with Gasteiger partial charge in [0, 0.05) is 6.04 Å². The van der Waals surface area contributed by atoms with E-state index < -0.39 is 0 Å². The quantitative estimate of drug-likeness (QED) is 0.794. The first-order valence-electron chi connectivity index (χ1n) is 6.23. The average Bonchev–Trinajstić information content (AvgIpc) is 3.04. The molecule has 16 heavy (non-hydrogen) atoms. The molecule has 0 atom stereocenters. The maximum atomic E-state index is 5.61. The number of ether oxygens (including phenoxy) is 1. The van der Waals surface area contributed by atoms with Gasteiger partial charge in [-0.25, -0.2) is 0 Å². The summed E-state index contributed by atoms with van der Waals surface area (Å²) in [4.78, 5) is 0. The van der Waals surface area contributed by atoms with Crippen molar-refractivity contribution < 1.29 is 4.74 Å². The first-order chi connectivity index (χ1) is 7.74. The molecule has 0 radical (unpaired) electrons. The number of rotatable bonds is 6. The Morgan fingerprint density at radius 2 is 1.94 bits per heavy atom. The van der Waals surface area contributed by atoms with Gasteiger partial charge in [-0.2, -0.15) is 0 Å². The minimum atomic E-state index is 0.252. The van der Waals surface area contributed by atoms with E-state index in [4.69, 9.17) is 4.74 Å². The van der Waals surface area contributed by atoms with Crippen LogP contribution >= 0.6 is 0 Å². The Balaban J connectivity index is 1.76. The molecule has 1 saturated carbocycles. The summed E-state index contributed by atoms with van der Waals surface area (Å²) in [6.07, 6.45) is 4.09. The van der Waals surface area contributed by atoms with Crippen LogP contribution in [0.3, 0.4) is 0 Å². The van der Waals surface area contributed by atoms with Gasteiger partial charge in [-0.3, -0.25) is 0 Å². The molecule has 1 fully saturated rings. The molecule has 0 aromatic heterocycles. The van der Waals surface area contributed by atoms with E-state index in [1.165, 1.54) is 18.4 Å². The summed E-state index contributed by atoms with van der Waals surface area (Å²) in [5, 5.41) is 3.52. The molecule has 1 aliphatic rings. The molecule has 0 bridgehead atoms. The van der Waals surface area contributed by atoms with Crippen LogP contribution in [0.5, 0.6) is 5.75 Å². The molecule has 0 spiro atoms. The van der Waals surface area contributed by atoms with Crippen LogP contribution < -0.4 is 10.1 Å². The molecule has 0 saturated heterocycles. The first-order valence-corrected chi connectivity index (χ1v) is 6.23. The highest BCUT2D eigenvalue weighted by molar-refractivity contribution is 5.27. The Labute approximate surface area is 98.0 Å². The van der Waals surface area contributed by atoms with E-state index in [0.717, 1.165) is 24.8 Å². The molecule has 0 amide bonds. The Kier molecular flexibility index (Phi) is 3.83. The summed E-state index contributed by atoms with van der Waals surface area (Å²) in [6.45, 7) is 5.19. The molecule has 0 unspecified atom stereocenters. The van der Waals surface area contributed by atoms with Gasteiger partial charge in [0.1, 0.15) is 5.75 Å². The molecule has 0 heterocycles. The van der Waals surface area contributed by atoms with Crippen LogP contribution in [0.1, 0.15) is 32.3 Å². The second-order valence-electron chi connectivity index (χ2n) is 4.79. The molecule has 2 rings (SSSR count). The molecule has 2 heteroatoms. The highest BCUT2D eigenvalue weighted by Gasteiger charge is 2.19. The van der Waals surface area contributed by atoms with E-state index in [2.05, 4.69) is 29.6 Å². The normalized spacial score (nSPS) is 15.4. The van der Waals surface area contributed by atoms with Crippen molar-refractivity contribution >= 4 is 0 Å². The van der Waals surface area contributed by atoms with Crippen molar-refractivity contribution in [2.45, 2.75) is 45.3 Å². The van der Waals surface area contributed by atoms with Crippen molar-refractivity contribution in [3.05, 3.63) is 29.8 Å². The van der Waals surface area contributed by atoms with Crippen molar-refractivity contribution in [2.24, 2.45) is 0 Å². The summed E-state index contributed by atoms with van der Waals surface area (Å²) in [6, 6.07) is 9.25. The third-order valence-corrected chi connectivity index (χ3v) is 2.72. The predicted octanol–water partition coefficient (Wildman–Crippen LogP) is 2.77. The predicted molar refractivity (Wildman–Crippen MR) is 66.9 cm³/mol. The highest BCUT2D eigenvalue weighted by atomic mass is 16.5. The molecule has 1 aliphatic carbocycles. The van der Waals surface area contributed by atoms with Gasteiger partial charge in [-0.15, -0.1) is 0 Å². The van der Waals surface area contributed by atoms with Crippen LogP contribution in [-0.2, 0) is 6.42 Å². The lowest BCUT2D eigenvalue weighted by atomic mass is 10.1. The average molecular weight is 219 g/mol. The second-order valence-corrected chi connectivity index (χ2v) is 4.79. The van der Waals surface area contributed by atoms with Crippen LogP contribution in [0.15, 0.2) is 24.3 Å². The van der Waals surface area contributed by atoms with Crippen molar-refractivity contribution in [2.75, 3.05) is 6.54 Å². The molecule has 0 aliphatic heterocycles. The van der Waals surface area contributed by atoms with Crippen molar-refractivity contribution in [1.82, 2.24) is 5.32 Å². The van der Waals surface area contributed by atoms with Crippen LogP contribution in [0.2, 0.25) is 0 Å². The van der Waals surface area contributed by atoms with Gasteiger partial charge in [-0.05, 0) is 57.4 Å². The number of hydrogen-bond acceptors (Lipinski definition) is 2. The summed E-state index contributed by atoms with van der Waals surface area (Å²) >= 11 is 0. The maximum absolute atomic E-state index is 5.61. The molecular weight excluding hydrogens is 198 g/mol. The van der Waals surface area contributed by atoms with Crippen molar-refractivity contribution in [3.8, 4) is 5.75 Å². The summed E-state index contributed by atoms with van der Waals surface area (Å²) in [5.74, 6) is 0.967. The Bertz CT molecular complexity index is 314. The van der Waals surface area contributed by atoms with E-state index in [1.807, 2.05) is 13.8 Å². The molecule has 1 aromatic carbocycles. The summed E-state index contributed by atoms with van der Waals surface area (Å²) in [5.41, 5.74) is 1.38.